The van der Waals surface area contributed by atoms with E-state index in [0.717, 1.165) is 73.2 Å². The third kappa shape index (κ3) is 24.8. The van der Waals surface area contributed by atoms with Crippen LogP contribution < -0.4 is 26.0 Å². The Balaban J connectivity index is 0.000000279. The minimum absolute atomic E-state index is 0.0203. The lowest BCUT2D eigenvalue weighted by Gasteiger charge is -2.34. The van der Waals surface area contributed by atoms with Gasteiger partial charge in [-0.05, 0) is 141 Å². The van der Waals surface area contributed by atoms with Crippen LogP contribution in [-0.2, 0) is 35.4 Å². The van der Waals surface area contributed by atoms with Gasteiger partial charge in [-0.15, -0.1) is 0 Å². The van der Waals surface area contributed by atoms with E-state index in [-0.39, 0.29) is 65.9 Å². The van der Waals surface area contributed by atoms with Crippen molar-refractivity contribution in [2.24, 2.45) is 0 Å². The lowest BCUT2D eigenvalue weighted by atomic mass is 9.99. The summed E-state index contributed by atoms with van der Waals surface area (Å²) in [4.78, 5) is 98.5. The fourth-order valence-electron chi connectivity index (χ4n) is 11.2. The van der Waals surface area contributed by atoms with Gasteiger partial charge in [0.2, 0.25) is 0 Å². The van der Waals surface area contributed by atoms with E-state index in [1.165, 1.54) is 36.4 Å². The number of hydrogen-bond donors (Lipinski definition) is 4. The number of benzene rings is 7. The first-order chi connectivity index (χ1) is 47.7. The molecule has 526 valence electrons. The monoisotopic (exact) mass is 1370 g/mol. The van der Waals surface area contributed by atoms with Crippen LogP contribution in [0, 0.1) is 33.4 Å². The zero-order chi connectivity index (χ0) is 71.2. The van der Waals surface area contributed by atoms with Gasteiger partial charge >= 0.3 is 12.2 Å². The summed E-state index contributed by atoms with van der Waals surface area (Å²) >= 11 is 0. The van der Waals surface area contributed by atoms with Crippen molar-refractivity contribution in [1.82, 2.24) is 40.9 Å². The second-order valence-electron chi connectivity index (χ2n) is 24.1. The third-order valence-electron chi connectivity index (χ3n) is 16.1. The number of ether oxygens (including phenoxy) is 3. The predicted octanol–water partition coefficient (Wildman–Crippen LogP) is 12.0. The van der Waals surface area contributed by atoms with Gasteiger partial charge in [-0.25, -0.2) is 27.2 Å². The van der Waals surface area contributed by atoms with E-state index in [1.54, 1.807) is 51.1 Å². The minimum atomic E-state index is -1.18. The maximum absolute atomic E-state index is 14.3. The number of non-ortho nitro benzene ring substituents is 1. The average Bonchev–Trinajstić information content (AvgIpc) is 0.887. The Bertz CT molecular complexity index is 3720. The zero-order valence-corrected chi connectivity index (χ0v) is 56.4. The molecule has 7 aromatic rings. The van der Waals surface area contributed by atoms with Crippen molar-refractivity contribution in [2.75, 3.05) is 72.5 Å². The van der Waals surface area contributed by atoms with Crippen LogP contribution >= 0.6 is 0 Å². The number of nitrogens with zero attached hydrogens (tertiary/aromatic N) is 5. The van der Waals surface area contributed by atoms with Gasteiger partial charge in [0.25, 0.3) is 29.3 Å². The third-order valence-corrected chi connectivity index (χ3v) is 16.1. The molecule has 99 heavy (non-hydrogen) atoms. The molecule has 0 aromatic heterocycles. The molecular formula is C75H87F4N9O11. The van der Waals surface area contributed by atoms with Gasteiger partial charge in [-0.3, -0.25) is 29.3 Å². The molecule has 1 fully saturated rings. The molecule has 1 aliphatic heterocycles. The lowest BCUT2D eigenvalue weighted by Crippen LogP contribution is -2.53. The molecule has 0 saturated carbocycles. The van der Waals surface area contributed by atoms with Crippen LogP contribution in [0.4, 0.5) is 32.8 Å². The Kier molecular flexibility index (Phi) is 30.4. The van der Waals surface area contributed by atoms with Gasteiger partial charge in [0.05, 0.1) is 17.0 Å². The summed E-state index contributed by atoms with van der Waals surface area (Å²) in [6, 6.07) is 40.7. The highest BCUT2D eigenvalue weighted by atomic mass is 19.1. The molecule has 4 atom stereocenters. The quantitative estimate of drug-likeness (QED) is 0.0101. The number of nitro groups is 1. The molecule has 24 heteroatoms. The molecule has 0 bridgehead atoms. The Morgan fingerprint density at radius 1 is 0.495 bits per heavy atom. The molecule has 1 heterocycles. The van der Waals surface area contributed by atoms with Gasteiger partial charge in [-0.2, -0.15) is 0 Å². The van der Waals surface area contributed by atoms with Gasteiger partial charge < -0.3 is 55.1 Å². The maximum Gasteiger partial charge on any atom is 0.514 e. The number of nitro benzene ring substituents is 1. The summed E-state index contributed by atoms with van der Waals surface area (Å²) in [6.07, 6.45) is -0.827. The first-order valence-corrected chi connectivity index (χ1v) is 33.3. The van der Waals surface area contributed by atoms with E-state index in [4.69, 9.17) is 14.2 Å². The van der Waals surface area contributed by atoms with Crippen LogP contribution in [0.5, 0.6) is 5.75 Å². The number of halogens is 4. The molecule has 4 N–H and O–H groups in total. The number of likely N-dealkylation sites (N-methyl/N-ethyl adjacent to an activating group) is 1. The highest BCUT2D eigenvalue weighted by molar-refractivity contribution is 6.01. The molecule has 7 aromatic carbocycles. The summed E-state index contributed by atoms with van der Waals surface area (Å²) in [6.45, 7) is 13.6. The van der Waals surface area contributed by atoms with Crippen LogP contribution in [0.3, 0.4) is 0 Å². The summed E-state index contributed by atoms with van der Waals surface area (Å²) in [5, 5.41) is 23.4. The second-order valence-corrected chi connectivity index (χ2v) is 24.1. The van der Waals surface area contributed by atoms with Crippen molar-refractivity contribution in [1.29, 1.82) is 0 Å². The molecule has 4 unspecified atom stereocenters. The van der Waals surface area contributed by atoms with Crippen molar-refractivity contribution < 1.29 is 65.5 Å². The van der Waals surface area contributed by atoms with E-state index in [9.17, 15) is 56.4 Å². The van der Waals surface area contributed by atoms with Crippen LogP contribution in [0.25, 0.3) is 0 Å². The Morgan fingerprint density at radius 2 is 0.889 bits per heavy atom. The van der Waals surface area contributed by atoms with Crippen molar-refractivity contribution in [3.05, 3.63) is 248 Å². The summed E-state index contributed by atoms with van der Waals surface area (Å²) in [5.74, 6) is -4.71. The normalized spacial score (nSPS) is 13.3. The highest BCUT2D eigenvalue weighted by Gasteiger charge is 2.33. The minimum Gasteiger partial charge on any atom is -0.443 e. The second kappa shape index (κ2) is 39.4. The van der Waals surface area contributed by atoms with Crippen LogP contribution in [0.15, 0.2) is 170 Å². The molecule has 0 aliphatic carbocycles. The van der Waals surface area contributed by atoms with Crippen molar-refractivity contribution in [2.45, 2.75) is 104 Å². The number of hydrogen-bond acceptors (Lipinski definition) is 14. The number of carbonyl (C=O) groups excluding carboxylic acids is 6. The number of rotatable bonds is 32. The Hall–Kier alpha value is -10.0. The topological polar surface area (TPSA) is 234 Å². The zero-order valence-electron chi connectivity index (χ0n) is 56.4. The number of amides is 5. The largest absolute Gasteiger partial charge is 0.514 e. The van der Waals surface area contributed by atoms with E-state index < -0.39 is 76.5 Å². The van der Waals surface area contributed by atoms with E-state index in [2.05, 4.69) is 26.2 Å². The molecule has 8 rings (SSSR count). The summed E-state index contributed by atoms with van der Waals surface area (Å²) < 4.78 is 74.3. The van der Waals surface area contributed by atoms with E-state index in [0.29, 0.717) is 82.1 Å². The first-order valence-electron chi connectivity index (χ1n) is 33.3. The molecule has 1 aliphatic rings. The molecule has 5 amide bonds. The Labute approximate surface area is 575 Å². The SMILES string of the molecule is CCCN(CCC)C(=O)c1cccc(C(=O)NC(Cc2cc(F)cc(F)c2)C(CNCc2ccccc2)OC(=O)N2CCN(C)CC2)c1.CCCN(CCC)C(=O)c1cccc(C(=O)NC(Cc2cc(F)cc(F)c2)C(CNCc2ccccc2)OC(=O)Oc2ccc([N+](=O)[O-])cc2)c1. The number of carbonyl (C=O) groups is 6. The molecular weight excluding hydrogens is 1280 g/mol. The van der Waals surface area contributed by atoms with Gasteiger partial charge in [0.15, 0.2) is 0 Å². The summed E-state index contributed by atoms with van der Waals surface area (Å²) in [5.41, 5.74) is 3.28. The smallest absolute Gasteiger partial charge is 0.443 e. The summed E-state index contributed by atoms with van der Waals surface area (Å²) in [7, 11) is 1.98. The fourth-order valence-corrected chi connectivity index (χ4v) is 11.2. The number of nitrogens with one attached hydrogen (secondary N) is 4. The first kappa shape index (κ1) is 76.3. The highest BCUT2D eigenvalue weighted by Crippen LogP contribution is 2.22. The van der Waals surface area contributed by atoms with Gasteiger partial charge in [-0.1, -0.05) is 100 Å². The van der Waals surface area contributed by atoms with Gasteiger partial charge in [0, 0.05) is 125 Å². The molecule has 20 nitrogen and oxygen atoms in total. The molecule has 0 radical (unpaired) electrons. The van der Waals surface area contributed by atoms with Crippen molar-refractivity contribution >= 4 is 41.6 Å². The van der Waals surface area contributed by atoms with E-state index >= 15 is 0 Å². The Morgan fingerprint density at radius 3 is 1.28 bits per heavy atom. The lowest BCUT2D eigenvalue weighted by molar-refractivity contribution is -0.384. The molecule has 0 spiro atoms. The standard InChI is InChI=1S/C38H40F2N4O7.C37H47F2N5O4/c1-3-17-43(18-4-2)37(46)29-12-8-11-28(22-29)36(45)42-34(21-27-19-30(39)23-31(40)20-27)35(25-41-24-26-9-6-5-7-10-26)51-38(47)50-33-15-13-32(14-16-33)44(48)49;1-4-14-43(15-5-2)36(46)30-13-9-12-29(23-30)35(45)41-33(22-28-20-31(38)24-32(39)21-28)34(26-40-25-27-10-7-6-8-11-27)48-37(47)44-18-16-42(3)17-19-44/h5-16,19-20,22-23,34-35,41H,3-4,17-18,21,24-25H2,1-2H3,(H,42,45);6-13,20-21,23-24,33-34,40H,4-5,14-19,22,25-26H2,1-3H3,(H,41,45). The van der Waals surface area contributed by atoms with Gasteiger partial charge in [0.1, 0.15) is 41.2 Å². The van der Waals surface area contributed by atoms with Crippen LogP contribution in [0.1, 0.15) is 117 Å². The van der Waals surface area contributed by atoms with Crippen molar-refractivity contribution in [3.8, 4) is 5.75 Å². The van der Waals surface area contributed by atoms with E-state index in [1.807, 2.05) is 95.4 Å². The molecule has 1 saturated heterocycles. The maximum atomic E-state index is 14.3. The predicted molar refractivity (Wildman–Crippen MR) is 368 cm³/mol. The van der Waals surface area contributed by atoms with Crippen LogP contribution in [-0.4, -0.2) is 157 Å². The van der Waals surface area contributed by atoms with Crippen LogP contribution in [0.2, 0.25) is 0 Å². The average molecular weight is 1370 g/mol. The number of piperazine rings is 1. The fraction of sp³-hybridized carbons (Fsp3) is 0.360. The van der Waals surface area contributed by atoms with Crippen molar-refractivity contribution in [3.63, 3.8) is 0 Å².